The van der Waals surface area contributed by atoms with Gasteiger partial charge < -0.3 is 14.6 Å². The molecule has 0 unspecified atom stereocenters. The van der Waals surface area contributed by atoms with E-state index in [2.05, 4.69) is 15.3 Å². The van der Waals surface area contributed by atoms with Crippen LogP contribution in [-0.4, -0.2) is 21.6 Å². The third-order valence-corrected chi connectivity index (χ3v) is 4.27. The molecule has 4 rings (SSSR count). The summed E-state index contributed by atoms with van der Waals surface area (Å²) in [7, 11) is 3.54. The van der Waals surface area contributed by atoms with Gasteiger partial charge in [0.25, 0.3) is 0 Å². The number of rotatable bonds is 4. The summed E-state index contributed by atoms with van der Waals surface area (Å²) in [6.45, 7) is 0. The smallest absolute Gasteiger partial charge is 0.213 e. The first kappa shape index (κ1) is 16.1. The molecule has 0 bridgehead atoms. The summed E-state index contributed by atoms with van der Waals surface area (Å²) in [4.78, 5) is 8.62. The number of halogens is 1. The van der Waals surface area contributed by atoms with Gasteiger partial charge in [-0.05, 0) is 24.3 Å². The molecule has 4 aromatic rings. The molecule has 0 saturated carbocycles. The number of methoxy groups -OCH3 is 1. The van der Waals surface area contributed by atoms with E-state index in [1.54, 1.807) is 31.6 Å². The van der Waals surface area contributed by atoms with Gasteiger partial charge in [-0.2, -0.15) is 0 Å². The van der Waals surface area contributed by atoms with Crippen LogP contribution in [0.1, 0.15) is 0 Å². The van der Waals surface area contributed by atoms with E-state index in [1.165, 1.54) is 12.1 Å². The van der Waals surface area contributed by atoms with Crippen LogP contribution in [0.15, 0.2) is 60.9 Å². The van der Waals surface area contributed by atoms with Crippen LogP contribution in [0, 0.1) is 5.82 Å². The molecule has 0 radical (unpaired) electrons. The summed E-state index contributed by atoms with van der Waals surface area (Å²) < 4.78 is 20.6. The molecule has 0 aliphatic rings. The lowest BCUT2D eigenvalue weighted by molar-refractivity contribution is 0.398. The number of hydrogen-bond donors (Lipinski definition) is 1. The maximum atomic E-state index is 13.6. The van der Waals surface area contributed by atoms with Crippen molar-refractivity contribution in [3.8, 4) is 17.1 Å². The highest BCUT2D eigenvalue weighted by atomic mass is 19.1. The Morgan fingerprint density at radius 2 is 1.92 bits per heavy atom. The number of fused-ring (bicyclic) bond motifs is 1. The fourth-order valence-corrected chi connectivity index (χ4v) is 2.95. The van der Waals surface area contributed by atoms with E-state index in [0.29, 0.717) is 11.7 Å². The molecule has 0 spiro atoms. The molecule has 3 aromatic heterocycles. The zero-order valence-electron chi connectivity index (χ0n) is 14.4. The molecule has 0 aliphatic carbocycles. The molecule has 1 aromatic carbocycles. The minimum atomic E-state index is -0.250. The molecule has 130 valence electrons. The van der Waals surface area contributed by atoms with Crippen LogP contribution in [0.2, 0.25) is 0 Å². The van der Waals surface area contributed by atoms with Gasteiger partial charge in [0, 0.05) is 42.0 Å². The number of nitrogens with one attached hydrogen (secondary N) is 1. The summed E-state index contributed by atoms with van der Waals surface area (Å²) in [6, 6.07) is 14.2. The maximum Gasteiger partial charge on any atom is 0.213 e. The molecule has 26 heavy (non-hydrogen) atoms. The van der Waals surface area contributed by atoms with Crippen LogP contribution in [0.5, 0.6) is 5.88 Å². The maximum absolute atomic E-state index is 13.6. The van der Waals surface area contributed by atoms with Gasteiger partial charge in [-0.15, -0.1) is 0 Å². The van der Waals surface area contributed by atoms with E-state index < -0.39 is 0 Å². The van der Waals surface area contributed by atoms with Gasteiger partial charge in [-0.25, -0.2) is 14.4 Å². The first-order valence-electron chi connectivity index (χ1n) is 8.12. The first-order valence-corrected chi connectivity index (χ1v) is 8.12. The zero-order chi connectivity index (χ0) is 18.1. The van der Waals surface area contributed by atoms with Gasteiger partial charge >= 0.3 is 0 Å². The number of pyridine rings is 2. The molecule has 1 N–H and O–H groups in total. The topological polar surface area (TPSA) is 52.0 Å². The van der Waals surface area contributed by atoms with Gasteiger partial charge in [-0.3, -0.25) is 0 Å². The highest BCUT2D eigenvalue weighted by molar-refractivity contribution is 5.88. The standard InChI is InChI=1S/C20H17FN4O/c1-25-17(13-4-3-5-15(21)8-13)9-14-11-22-19(10-18(14)25)24-16-6-7-20(26-2)23-12-16/h3-12H,1-2H3,(H,22,24). The fraction of sp³-hybridized carbons (Fsp3) is 0.100. The summed E-state index contributed by atoms with van der Waals surface area (Å²) in [5.74, 6) is 1.01. The van der Waals surface area contributed by atoms with Crippen molar-refractivity contribution >= 4 is 22.4 Å². The minimum Gasteiger partial charge on any atom is -0.481 e. The lowest BCUT2D eigenvalue weighted by Crippen LogP contribution is -1.96. The molecular formula is C20H17FN4O. The van der Waals surface area contributed by atoms with Gasteiger partial charge in [0.15, 0.2) is 0 Å². The minimum absolute atomic E-state index is 0.250. The number of aryl methyl sites for hydroxylation is 1. The number of ether oxygens (including phenoxy) is 1. The Morgan fingerprint density at radius 3 is 2.65 bits per heavy atom. The lowest BCUT2D eigenvalue weighted by atomic mass is 10.1. The van der Waals surface area contributed by atoms with Crippen molar-refractivity contribution in [2.45, 2.75) is 0 Å². The van der Waals surface area contributed by atoms with Crippen molar-refractivity contribution in [3.63, 3.8) is 0 Å². The second kappa shape index (κ2) is 6.48. The molecule has 0 atom stereocenters. The number of nitrogens with zero attached hydrogens (tertiary/aromatic N) is 3. The quantitative estimate of drug-likeness (QED) is 0.589. The van der Waals surface area contributed by atoms with Gasteiger partial charge in [0.1, 0.15) is 11.6 Å². The molecule has 6 heteroatoms. The Hall–Kier alpha value is -3.41. The molecule has 0 saturated heterocycles. The van der Waals surface area contributed by atoms with E-state index in [0.717, 1.165) is 27.8 Å². The van der Waals surface area contributed by atoms with Crippen LogP contribution < -0.4 is 10.1 Å². The number of anilines is 2. The van der Waals surface area contributed by atoms with Crippen LogP contribution in [0.3, 0.4) is 0 Å². The van der Waals surface area contributed by atoms with Crippen LogP contribution in [0.25, 0.3) is 22.2 Å². The van der Waals surface area contributed by atoms with Crippen molar-refractivity contribution < 1.29 is 9.13 Å². The molecular weight excluding hydrogens is 331 g/mol. The second-order valence-electron chi connectivity index (χ2n) is 5.94. The summed E-state index contributed by atoms with van der Waals surface area (Å²) in [6.07, 6.45) is 3.49. The number of hydrogen-bond acceptors (Lipinski definition) is 4. The largest absolute Gasteiger partial charge is 0.481 e. The molecule has 5 nitrogen and oxygen atoms in total. The molecule has 3 heterocycles. The Balaban J connectivity index is 1.69. The summed E-state index contributed by atoms with van der Waals surface area (Å²) >= 11 is 0. The van der Waals surface area contributed by atoms with Gasteiger partial charge in [0.2, 0.25) is 5.88 Å². The lowest BCUT2D eigenvalue weighted by Gasteiger charge is -2.07. The first-order chi connectivity index (χ1) is 12.6. The average molecular weight is 348 g/mol. The third kappa shape index (κ3) is 2.97. The zero-order valence-corrected chi connectivity index (χ0v) is 14.4. The predicted molar refractivity (Wildman–Crippen MR) is 100 cm³/mol. The molecule has 0 amide bonds. The summed E-state index contributed by atoms with van der Waals surface area (Å²) in [5.41, 5.74) is 3.59. The third-order valence-electron chi connectivity index (χ3n) is 4.27. The SMILES string of the molecule is COc1ccc(Nc2cc3c(cn2)cc(-c2cccc(F)c2)n3C)cn1. The van der Waals surface area contributed by atoms with Crippen molar-refractivity contribution in [2.24, 2.45) is 7.05 Å². The fourth-order valence-electron chi connectivity index (χ4n) is 2.95. The highest BCUT2D eigenvalue weighted by Crippen LogP contribution is 2.29. The monoisotopic (exact) mass is 348 g/mol. The predicted octanol–water partition coefficient (Wildman–Crippen LogP) is 4.53. The Morgan fingerprint density at radius 1 is 1.04 bits per heavy atom. The van der Waals surface area contributed by atoms with Crippen molar-refractivity contribution in [2.75, 3.05) is 12.4 Å². The number of benzene rings is 1. The number of aromatic nitrogens is 3. The van der Waals surface area contributed by atoms with Crippen molar-refractivity contribution in [3.05, 3.63) is 66.7 Å². The van der Waals surface area contributed by atoms with Crippen LogP contribution in [-0.2, 0) is 7.05 Å². The van der Waals surface area contributed by atoms with E-state index >= 15 is 0 Å². The molecule has 0 aliphatic heterocycles. The van der Waals surface area contributed by atoms with E-state index in [1.807, 2.05) is 35.9 Å². The van der Waals surface area contributed by atoms with Crippen LogP contribution >= 0.6 is 0 Å². The highest BCUT2D eigenvalue weighted by Gasteiger charge is 2.10. The normalized spacial score (nSPS) is 10.9. The Kier molecular flexibility index (Phi) is 4.01. The van der Waals surface area contributed by atoms with Crippen molar-refractivity contribution in [1.29, 1.82) is 0 Å². The summed E-state index contributed by atoms with van der Waals surface area (Å²) in [5, 5.41) is 4.22. The van der Waals surface area contributed by atoms with Gasteiger partial charge in [0.05, 0.1) is 24.5 Å². The molecule has 0 fully saturated rings. The Bertz CT molecular complexity index is 1070. The second-order valence-corrected chi connectivity index (χ2v) is 5.94. The van der Waals surface area contributed by atoms with Crippen LogP contribution in [0.4, 0.5) is 15.9 Å². The Labute approximate surface area is 150 Å². The van der Waals surface area contributed by atoms with E-state index in [-0.39, 0.29) is 5.82 Å². The van der Waals surface area contributed by atoms with Crippen molar-refractivity contribution in [1.82, 2.24) is 14.5 Å². The average Bonchev–Trinajstić information content (AvgIpc) is 2.99. The van der Waals surface area contributed by atoms with E-state index in [9.17, 15) is 4.39 Å². The van der Waals surface area contributed by atoms with E-state index in [4.69, 9.17) is 4.74 Å². The van der Waals surface area contributed by atoms with Gasteiger partial charge in [-0.1, -0.05) is 12.1 Å².